The van der Waals surface area contributed by atoms with E-state index in [-0.39, 0.29) is 42.2 Å². The van der Waals surface area contributed by atoms with Crippen LogP contribution in [0.25, 0.3) is 0 Å². The zero-order valence-corrected chi connectivity index (χ0v) is 16.7. The van der Waals surface area contributed by atoms with Crippen molar-refractivity contribution in [1.29, 1.82) is 0 Å². The van der Waals surface area contributed by atoms with Gasteiger partial charge in [0.2, 0.25) is 0 Å². The van der Waals surface area contributed by atoms with Gasteiger partial charge in [-0.1, -0.05) is 30.3 Å². The van der Waals surface area contributed by atoms with E-state index in [1.165, 1.54) is 12.1 Å². The van der Waals surface area contributed by atoms with Gasteiger partial charge in [0.25, 0.3) is 0 Å². The summed E-state index contributed by atoms with van der Waals surface area (Å²) in [6.07, 6.45) is -2.46. The molecule has 0 aliphatic carbocycles. The Kier molecular flexibility index (Phi) is 5.89. The third-order valence-corrected chi connectivity index (χ3v) is 5.89. The summed E-state index contributed by atoms with van der Waals surface area (Å²) in [5.74, 6) is -0.752. The molecule has 0 N–H and O–H groups in total. The summed E-state index contributed by atoms with van der Waals surface area (Å²) >= 11 is 0. The molecule has 0 spiro atoms. The zero-order valence-electron chi connectivity index (χ0n) is 16.7. The van der Waals surface area contributed by atoms with Crippen LogP contribution < -0.4 is 4.74 Å². The number of piperidine rings is 1. The molecular weight excluding hydrogens is 411 g/mol. The van der Waals surface area contributed by atoms with E-state index in [1.54, 1.807) is 4.90 Å². The number of halogens is 3. The minimum absolute atomic E-state index is 0.0659. The van der Waals surface area contributed by atoms with Crippen LogP contribution in [0.1, 0.15) is 41.6 Å². The highest BCUT2D eigenvalue weighted by Gasteiger charge is 2.46. The third kappa shape index (κ3) is 5.00. The van der Waals surface area contributed by atoms with Gasteiger partial charge in [-0.05, 0) is 55.5 Å². The molecule has 2 saturated heterocycles. The van der Waals surface area contributed by atoms with Crippen LogP contribution in [0.4, 0.5) is 18.0 Å². The van der Waals surface area contributed by atoms with Gasteiger partial charge in [-0.2, -0.15) is 0 Å². The molecule has 8 heteroatoms. The molecule has 0 saturated carbocycles. The SMILES string of the molecule is O=C(c1ccc(OC(F)(F)F)cc1)C1CC2CCC(C1)N2C(=O)OCc1ccccc1. The number of Topliss-reactive ketones (excluding diaryl/α,β-unsaturated/α-hetero) is 1. The van der Waals surface area contributed by atoms with E-state index in [0.29, 0.717) is 18.4 Å². The maximum Gasteiger partial charge on any atom is 0.573 e. The summed E-state index contributed by atoms with van der Waals surface area (Å²) in [5.41, 5.74) is 1.25. The molecule has 4 rings (SSSR count). The predicted molar refractivity (Wildman–Crippen MR) is 105 cm³/mol. The van der Waals surface area contributed by atoms with Crippen molar-refractivity contribution in [3.8, 4) is 5.75 Å². The van der Waals surface area contributed by atoms with Gasteiger partial charge >= 0.3 is 12.5 Å². The molecule has 5 nitrogen and oxygen atoms in total. The highest BCUT2D eigenvalue weighted by atomic mass is 19.4. The molecule has 2 fully saturated rings. The number of hydrogen-bond acceptors (Lipinski definition) is 4. The van der Waals surface area contributed by atoms with Crippen molar-refractivity contribution in [2.75, 3.05) is 0 Å². The summed E-state index contributed by atoms with van der Waals surface area (Å²) in [5, 5.41) is 0. The topological polar surface area (TPSA) is 55.8 Å². The van der Waals surface area contributed by atoms with Crippen LogP contribution in [-0.4, -0.2) is 35.2 Å². The molecule has 2 atom stereocenters. The fourth-order valence-electron chi connectivity index (χ4n) is 4.54. The summed E-state index contributed by atoms with van der Waals surface area (Å²) < 4.78 is 46.2. The minimum atomic E-state index is -4.77. The Balaban J connectivity index is 1.36. The van der Waals surface area contributed by atoms with Crippen LogP contribution >= 0.6 is 0 Å². The standard InChI is InChI=1S/C23H22F3NO4/c24-23(25,26)31-20-10-6-16(7-11-20)21(28)17-12-18-8-9-19(13-17)27(18)22(29)30-14-15-4-2-1-3-5-15/h1-7,10-11,17-19H,8-9,12-14H2. The lowest BCUT2D eigenvalue weighted by molar-refractivity contribution is -0.274. The predicted octanol–water partition coefficient (Wildman–Crippen LogP) is 5.35. The van der Waals surface area contributed by atoms with Crippen molar-refractivity contribution >= 4 is 11.9 Å². The van der Waals surface area contributed by atoms with E-state index in [4.69, 9.17) is 4.74 Å². The maximum absolute atomic E-state index is 12.9. The number of alkyl halides is 3. The molecule has 164 valence electrons. The van der Waals surface area contributed by atoms with Gasteiger partial charge in [0.1, 0.15) is 12.4 Å². The average molecular weight is 433 g/mol. The third-order valence-electron chi connectivity index (χ3n) is 5.89. The van der Waals surface area contributed by atoms with Crippen molar-refractivity contribution in [3.63, 3.8) is 0 Å². The Labute approximate surface area is 177 Å². The smallest absolute Gasteiger partial charge is 0.445 e. The first kappa shape index (κ1) is 21.2. The second-order valence-corrected chi connectivity index (χ2v) is 7.94. The van der Waals surface area contributed by atoms with E-state index in [0.717, 1.165) is 30.5 Å². The monoisotopic (exact) mass is 433 g/mol. The van der Waals surface area contributed by atoms with Gasteiger partial charge in [0.05, 0.1) is 0 Å². The Morgan fingerprint density at radius 2 is 1.55 bits per heavy atom. The van der Waals surface area contributed by atoms with Gasteiger partial charge in [-0.3, -0.25) is 4.79 Å². The highest BCUT2D eigenvalue weighted by Crippen LogP contribution is 2.40. The van der Waals surface area contributed by atoms with Crippen LogP contribution in [0.3, 0.4) is 0 Å². The maximum atomic E-state index is 12.9. The van der Waals surface area contributed by atoms with Crippen molar-refractivity contribution in [2.45, 2.75) is 50.7 Å². The van der Waals surface area contributed by atoms with Crippen LogP contribution in [0.2, 0.25) is 0 Å². The summed E-state index contributed by atoms with van der Waals surface area (Å²) in [6.45, 7) is 0.199. The number of hydrogen-bond donors (Lipinski definition) is 0. The molecular formula is C23H22F3NO4. The van der Waals surface area contributed by atoms with E-state index in [1.807, 2.05) is 30.3 Å². The van der Waals surface area contributed by atoms with Gasteiger partial charge in [0, 0.05) is 23.6 Å². The molecule has 2 heterocycles. The molecule has 2 aliphatic heterocycles. The Morgan fingerprint density at radius 3 is 2.13 bits per heavy atom. The van der Waals surface area contributed by atoms with Crippen LogP contribution in [-0.2, 0) is 11.3 Å². The normalized spacial score (nSPS) is 22.8. The molecule has 2 aromatic rings. The first-order valence-electron chi connectivity index (χ1n) is 10.2. The van der Waals surface area contributed by atoms with E-state index in [9.17, 15) is 22.8 Å². The summed E-state index contributed by atoms with van der Waals surface area (Å²) in [7, 11) is 0. The van der Waals surface area contributed by atoms with Crippen LogP contribution in [0.15, 0.2) is 54.6 Å². The number of ether oxygens (including phenoxy) is 2. The van der Waals surface area contributed by atoms with Crippen LogP contribution in [0.5, 0.6) is 5.75 Å². The van der Waals surface area contributed by atoms with Crippen molar-refractivity contribution in [2.24, 2.45) is 5.92 Å². The van der Waals surface area contributed by atoms with Crippen molar-refractivity contribution in [3.05, 3.63) is 65.7 Å². The Morgan fingerprint density at radius 1 is 0.935 bits per heavy atom. The molecule has 2 aliphatic rings. The average Bonchev–Trinajstić information content (AvgIpc) is 3.01. The lowest BCUT2D eigenvalue weighted by atomic mass is 9.85. The molecule has 1 amide bonds. The lowest BCUT2D eigenvalue weighted by Crippen LogP contribution is -2.48. The van der Waals surface area contributed by atoms with Crippen molar-refractivity contribution in [1.82, 2.24) is 4.90 Å². The highest BCUT2D eigenvalue weighted by molar-refractivity contribution is 5.98. The number of fused-ring (bicyclic) bond motifs is 2. The summed E-state index contributed by atoms with van der Waals surface area (Å²) in [6, 6.07) is 14.3. The first-order valence-corrected chi connectivity index (χ1v) is 10.2. The minimum Gasteiger partial charge on any atom is -0.445 e. The van der Waals surface area contributed by atoms with E-state index in [2.05, 4.69) is 4.74 Å². The molecule has 2 bridgehead atoms. The number of ketones is 1. The van der Waals surface area contributed by atoms with Gasteiger partial charge in [-0.15, -0.1) is 13.2 Å². The molecule has 2 unspecified atom stereocenters. The lowest BCUT2D eigenvalue weighted by Gasteiger charge is -2.37. The number of rotatable bonds is 5. The van der Waals surface area contributed by atoms with Gasteiger partial charge < -0.3 is 14.4 Å². The number of carbonyl (C=O) groups excluding carboxylic acids is 2. The number of amides is 1. The molecule has 0 aromatic heterocycles. The molecule has 2 aromatic carbocycles. The quantitative estimate of drug-likeness (QED) is 0.597. The Hall–Kier alpha value is -3.03. The zero-order chi connectivity index (χ0) is 22.0. The van der Waals surface area contributed by atoms with E-state index < -0.39 is 6.36 Å². The molecule has 31 heavy (non-hydrogen) atoms. The fourth-order valence-corrected chi connectivity index (χ4v) is 4.54. The number of benzene rings is 2. The number of carbonyl (C=O) groups is 2. The summed E-state index contributed by atoms with van der Waals surface area (Å²) in [4.78, 5) is 27.3. The van der Waals surface area contributed by atoms with Gasteiger partial charge in [-0.25, -0.2) is 4.79 Å². The van der Waals surface area contributed by atoms with Crippen molar-refractivity contribution < 1.29 is 32.2 Å². The molecule has 0 radical (unpaired) electrons. The number of nitrogens with zero attached hydrogens (tertiary/aromatic N) is 1. The first-order chi connectivity index (χ1) is 14.8. The van der Waals surface area contributed by atoms with Crippen LogP contribution in [0, 0.1) is 5.92 Å². The Bertz CT molecular complexity index is 916. The van der Waals surface area contributed by atoms with Gasteiger partial charge in [0.15, 0.2) is 5.78 Å². The second-order valence-electron chi connectivity index (χ2n) is 7.94. The largest absolute Gasteiger partial charge is 0.573 e. The second kappa shape index (κ2) is 8.61. The van der Waals surface area contributed by atoms with E-state index >= 15 is 0 Å². The fraction of sp³-hybridized carbons (Fsp3) is 0.391.